The van der Waals surface area contributed by atoms with Gasteiger partial charge in [0.05, 0.1) is 17.7 Å². The normalized spacial score (nSPS) is 20.7. The maximum Gasteiger partial charge on any atom is 0.272 e. The van der Waals surface area contributed by atoms with E-state index in [4.69, 9.17) is 14.7 Å². The standard InChI is InChI=1S/C20H22N4O3/c1-12(2)17-5-6-24-19(27-17)9-16(23-24)20(25)22-15-8-14-7-13(10-21)3-4-18(14)26-11-15/h3-4,7,9,12,15,17H,5-6,8,11H2,1-2H3,(H,22,25)/t15-,17?/m1/s1. The first-order chi connectivity index (χ1) is 13.0. The number of ether oxygens (including phenoxy) is 2. The molecule has 0 radical (unpaired) electrons. The fourth-order valence-electron chi connectivity index (χ4n) is 3.51. The molecule has 7 heteroatoms. The lowest BCUT2D eigenvalue weighted by Crippen LogP contribution is -2.42. The molecular formula is C20H22N4O3. The van der Waals surface area contributed by atoms with Crippen LogP contribution in [0.2, 0.25) is 0 Å². The number of carbonyl (C=O) groups excluding carboxylic acids is 1. The molecule has 0 bridgehead atoms. The third kappa shape index (κ3) is 3.47. The second kappa shape index (κ2) is 6.95. The van der Waals surface area contributed by atoms with Crippen LogP contribution in [0.15, 0.2) is 24.3 Å². The van der Waals surface area contributed by atoms with Gasteiger partial charge < -0.3 is 14.8 Å². The minimum atomic E-state index is -0.241. The number of hydrogen-bond acceptors (Lipinski definition) is 5. The minimum absolute atomic E-state index is 0.155. The number of nitrogens with zero attached hydrogens (tertiary/aromatic N) is 3. The van der Waals surface area contributed by atoms with Crippen LogP contribution in [0.5, 0.6) is 11.6 Å². The zero-order valence-electron chi connectivity index (χ0n) is 15.4. The second-order valence-electron chi connectivity index (χ2n) is 7.40. The van der Waals surface area contributed by atoms with Crippen LogP contribution in [0.1, 0.15) is 41.9 Å². The summed E-state index contributed by atoms with van der Waals surface area (Å²) in [7, 11) is 0. The Hall–Kier alpha value is -3.01. The van der Waals surface area contributed by atoms with Crippen molar-refractivity contribution in [2.24, 2.45) is 5.92 Å². The van der Waals surface area contributed by atoms with E-state index in [0.29, 0.717) is 36.1 Å². The van der Waals surface area contributed by atoms with Crippen LogP contribution in [0.3, 0.4) is 0 Å². The van der Waals surface area contributed by atoms with E-state index in [-0.39, 0.29) is 18.1 Å². The Morgan fingerprint density at radius 3 is 3.04 bits per heavy atom. The van der Waals surface area contributed by atoms with Crippen molar-refractivity contribution >= 4 is 5.91 Å². The van der Waals surface area contributed by atoms with Gasteiger partial charge in [0, 0.05) is 19.0 Å². The van der Waals surface area contributed by atoms with Gasteiger partial charge in [0.15, 0.2) is 5.69 Å². The molecule has 1 N–H and O–H groups in total. The first-order valence-corrected chi connectivity index (χ1v) is 9.24. The molecule has 2 aliphatic heterocycles. The van der Waals surface area contributed by atoms with Crippen molar-refractivity contribution in [1.29, 1.82) is 5.26 Å². The van der Waals surface area contributed by atoms with Crippen LogP contribution < -0.4 is 14.8 Å². The van der Waals surface area contributed by atoms with E-state index in [1.807, 2.05) is 6.07 Å². The van der Waals surface area contributed by atoms with Crippen LogP contribution in [-0.4, -0.2) is 34.4 Å². The molecule has 2 aromatic rings. The second-order valence-corrected chi connectivity index (χ2v) is 7.40. The topological polar surface area (TPSA) is 89.2 Å². The zero-order chi connectivity index (χ0) is 19.0. The van der Waals surface area contributed by atoms with Crippen molar-refractivity contribution in [2.45, 2.75) is 45.4 Å². The van der Waals surface area contributed by atoms with E-state index in [9.17, 15) is 4.79 Å². The Morgan fingerprint density at radius 2 is 2.26 bits per heavy atom. The highest BCUT2D eigenvalue weighted by molar-refractivity contribution is 5.92. The van der Waals surface area contributed by atoms with Crippen LogP contribution in [-0.2, 0) is 13.0 Å². The first-order valence-electron chi connectivity index (χ1n) is 9.24. The number of aromatic nitrogens is 2. The minimum Gasteiger partial charge on any atom is -0.491 e. The van der Waals surface area contributed by atoms with E-state index in [0.717, 1.165) is 24.3 Å². The van der Waals surface area contributed by atoms with Gasteiger partial charge in [-0.3, -0.25) is 4.79 Å². The summed E-state index contributed by atoms with van der Waals surface area (Å²) in [5.41, 5.74) is 1.87. The summed E-state index contributed by atoms with van der Waals surface area (Å²) in [6.45, 7) is 5.40. The van der Waals surface area contributed by atoms with Crippen LogP contribution in [0, 0.1) is 17.2 Å². The third-order valence-corrected chi connectivity index (χ3v) is 5.05. The van der Waals surface area contributed by atoms with Crippen LogP contribution >= 0.6 is 0 Å². The monoisotopic (exact) mass is 366 g/mol. The average molecular weight is 366 g/mol. The quantitative estimate of drug-likeness (QED) is 0.900. The van der Waals surface area contributed by atoms with E-state index in [2.05, 4.69) is 30.3 Å². The molecule has 7 nitrogen and oxygen atoms in total. The summed E-state index contributed by atoms with van der Waals surface area (Å²) >= 11 is 0. The Bertz CT molecular complexity index is 912. The smallest absolute Gasteiger partial charge is 0.272 e. The molecule has 27 heavy (non-hydrogen) atoms. The van der Waals surface area contributed by atoms with Gasteiger partial charge in [-0.1, -0.05) is 13.8 Å². The molecule has 0 saturated carbocycles. The number of amides is 1. The summed E-state index contributed by atoms with van der Waals surface area (Å²) in [6, 6.07) is 9.01. The zero-order valence-corrected chi connectivity index (χ0v) is 15.4. The summed E-state index contributed by atoms with van der Waals surface area (Å²) < 4.78 is 13.4. The van der Waals surface area contributed by atoms with Crippen LogP contribution in [0.4, 0.5) is 0 Å². The maximum atomic E-state index is 12.6. The molecule has 1 amide bonds. The van der Waals surface area contributed by atoms with Crippen molar-refractivity contribution in [3.63, 3.8) is 0 Å². The van der Waals surface area contributed by atoms with Gasteiger partial charge in [-0.25, -0.2) is 4.68 Å². The summed E-state index contributed by atoms with van der Waals surface area (Å²) in [6.07, 6.45) is 1.67. The van der Waals surface area contributed by atoms with Gasteiger partial charge in [-0.05, 0) is 36.1 Å². The van der Waals surface area contributed by atoms with Gasteiger partial charge in [0.25, 0.3) is 5.91 Å². The number of nitrogens with one attached hydrogen (secondary N) is 1. The molecule has 0 saturated heterocycles. The van der Waals surface area contributed by atoms with E-state index >= 15 is 0 Å². The molecule has 140 valence electrons. The van der Waals surface area contributed by atoms with Crippen molar-refractivity contribution in [3.05, 3.63) is 41.1 Å². The SMILES string of the molecule is CC(C)C1CCn2nc(C(=O)N[C@H]3COc4ccc(C#N)cc4C3)cc2O1. The summed E-state index contributed by atoms with van der Waals surface area (Å²) in [4.78, 5) is 12.6. The Morgan fingerprint density at radius 1 is 1.41 bits per heavy atom. The summed E-state index contributed by atoms with van der Waals surface area (Å²) in [5.74, 6) is 1.60. The lowest BCUT2D eigenvalue weighted by atomic mass is 10.0. The number of rotatable bonds is 3. The van der Waals surface area contributed by atoms with Gasteiger partial charge in [-0.15, -0.1) is 0 Å². The molecule has 0 aliphatic carbocycles. The number of nitriles is 1. The van der Waals surface area contributed by atoms with Crippen molar-refractivity contribution < 1.29 is 14.3 Å². The molecule has 1 aromatic heterocycles. The van der Waals surface area contributed by atoms with Crippen LogP contribution in [0.25, 0.3) is 0 Å². The predicted octanol–water partition coefficient (Wildman–Crippen LogP) is 2.30. The number of fused-ring (bicyclic) bond motifs is 2. The van der Waals surface area contributed by atoms with Gasteiger partial charge in [0.1, 0.15) is 18.5 Å². The van der Waals surface area contributed by atoms with E-state index in [1.54, 1.807) is 22.9 Å². The molecule has 2 aliphatic rings. The number of benzene rings is 1. The fourth-order valence-corrected chi connectivity index (χ4v) is 3.51. The molecule has 0 spiro atoms. The van der Waals surface area contributed by atoms with Crippen molar-refractivity contribution in [1.82, 2.24) is 15.1 Å². The maximum absolute atomic E-state index is 12.6. The third-order valence-electron chi connectivity index (χ3n) is 5.05. The van der Waals surface area contributed by atoms with Gasteiger partial charge >= 0.3 is 0 Å². The number of carbonyl (C=O) groups is 1. The van der Waals surface area contributed by atoms with Crippen molar-refractivity contribution in [2.75, 3.05) is 6.61 Å². The molecule has 0 fully saturated rings. The first kappa shape index (κ1) is 17.4. The highest BCUT2D eigenvalue weighted by Crippen LogP contribution is 2.27. The van der Waals surface area contributed by atoms with Crippen molar-refractivity contribution in [3.8, 4) is 17.7 Å². The lowest BCUT2D eigenvalue weighted by Gasteiger charge is -2.27. The fraction of sp³-hybridized carbons (Fsp3) is 0.450. The predicted molar refractivity (Wildman–Crippen MR) is 97.7 cm³/mol. The molecule has 1 aromatic carbocycles. The Labute approximate surface area is 157 Å². The van der Waals surface area contributed by atoms with Gasteiger partial charge in [-0.2, -0.15) is 10.4 Å². The Kier molecular flexibility index (Phi) is 4.48. The largest absolute Gasteiger partial charge is 0.491 e. The van der Waals surface area contributed by atoms with E-state index < -0.39 is 0 Å². The summed E-state index contributed by atoms with van der Waals surface area (Å²) in [5, 5.41) is 16.4. The average Bonchev–Trinajstić information content (AvgIpc) is 3.10. The van der Waals surface area contributed by atoms with Gasteiger partial charge in [0.2, 0.25) is 5.88 Å². The molecule has 2 atom stereocenters. The lowest BCUT2D eigenvalue weighted by molar-refractivity contribution is 0.0905. The number of aryl methyl sites for hydroxylation is 1. The molecule has 1 unspecified atom stereocenters. The van der Waals surface area contributed by atoms with E-state index in [1.165, 1.54) is 0 Å². The highest BCUT2D eigenvalue weighted by Gasteiger charge is 2.27. The molecule has 4 rings (SSSR count). The highest BCUT2D eigenvalue weighted by atomic mass is 16.5. The molecular weight excluding hydrogens is 344 g/mol. The Balaban J connectivity index is 1.44. The number of hydrogen-bond donors (Lipinski definition) is 1. The molecule has 3 heterocycles.